The molecule has 3 aromatic rings. The zero-order valence-electron chi connectivity index (χ0n) is 23.5. The fourth-order valence-electron chi connectivity index (χ4n) is 3.98. The number of anilines is 2. The van der Waals surface area contributed by atoms with Crippen molar-refractivity contribution in [1.29, 1.82) is 0 Å². The molecular formula is C27H37N7O5S2. The van der Waals surface area contributed by atoms with Crippen molar-refractivity contribution >= 4 is 38.7 Å². The predicted octanol–water partition coefficient (Wildman–Crippen LogP) is 4.40. The first-order valence-corrected chi connectivity index (χ1v) is 15.9. The van der Waals surface area contributed by atoms with Crippen LogP contribution in [-0.2, 0) is 26.2 Å². The molecule has 0 unspecified atom stereocenters. The largest absolute Gasteiger partial charge is 0.449 e. The summed E-state index contributed by atoms with van der Waals surface area (Å²) >= 11 is 1.48. The molecule has 2 aromatic heterocycles. The molecule has 1 aliphatic rings. The Bertz CT molecular complexity index is 1410. The monoisotopic (exact) mass is 603 g/mol. The van der Waals surface area contributed by atoms with Crippen LogP contribution in [0.2, 0.25) is 0 Å². The molecule has 41 heavy (non-hydrogen) atoms. The predicted molar refractivity (Wildman–Crippen MR) is 160 cm³/mol. The molecule has 0 saturated heterocycles. The van der Waals surface area contributed by atoms with Crippen LogP contribution in [0.1, 0.15) is 45.1 Å². The first kappa shape index (κ1) is 30.6. The van der Waals surface area contributed by atoms with Gasteiger partial charge in [0.15, 0.2) is 5.13 Å². The topological polar surface area (TPSA) is 156 Å². The van der Waals surface area contributed by atoms with Gasteiger partial charge < -0.3 is 20.1 Å². The van der Waals surface area contributed by atoms with E-state index in [1.54, 1.807) is 19.4 Å². The highest BCUT2D eigenvalue weighted by Gasteiger charge is 2.21. The van der Waals surface area contributed by atoms with Crippen molar-refractivity contribution in [3.63, 3.8) is 0 Å². The van der Waals surface area contributed by atoms with Crippen LogP contribution >= 0.6 is 11.3 Å². The maximum Gasteiger partial charge on any atom is 0.421 e. The van der Waals surface area contributed by atoms with Gasteiger partial charge in [0.1, 0.15) is 0 Å². The number of nitrogens with zero attached hydrogens (tertiary/aromatic N) is 3. The molecule has 0 atom stereocenters. The molecule has 4 N–H and O–H groups in total. The highest BCUT2D eigenvalue weighted by atomic mass is 32.2. The van der Waals surface area contributed by atoms with Gasteiger partial charge in [-0.25, -0.2) is 24.5 Å². The lowest BCUT2D eigenvalue weighted by Crippen LogP contribution is -2.40. The summed E-state index contributed by atoms with van der Waals surface area (Å²) in [4.78, 5) is 26.7. The Kier molecular flexibility index (Phi) is 10.9. The first-order valence-electron chi connectivity index (χ1n) is 13.6. The molecule has 12 nitrogen and oxygen atoms in total. The van der Waals surface area contributed by atoms with Crippen LogP contribution in [0.5, 0.6) is 0 Å². The minimum absolute atomic E-state index is 0.0742. The molecule has 222 valence electrons. The fourth-order valence-corrected chi connectivity index (χ4v) is 5.60. The minimum Gasteiger partial charge on any atom is -0.449 e. The average Bonchev–Trinajstić information content (AvgIpc) is 3.65. The summed E-state index contributed by atoms with van der Waals surface area (Å²) in [5, 5.41) is 7.27. The van der Waals surface area contributed by atoms with Crippen molar-refractivity contribution < 1.29 is 22.7 Å². The van der Waals surface area contributed by atoms with Gasteiger partial charge >= 0.3 is 16.3 Å². The third kappa shape index (κ3) is 9.92. The molecule has 0 aliphatic heterocycles. The molecule has 1 fully saturated rings. The van der Waals surface area contributed by atoms with E-state index in [-0.39, 0.29) is 19.2 Å². The minimum atomic E-state index is -4.15. The number of benzene rings is 1. The number of rotatable bonds is 16. The standard InChI is InChI=1S/C27H37N7O5S2/c1-18(2)31-26-29-17-24(40-26)23-15-22(32-25(33-23)28-12-14-38-3)21-9-5-4-8-20(21)16-30-41(36,37)34-27(35)39-13-6-7-19-10-11-19/h4-5,8-9,15,17-19,30H,6-7,10-14,16H2,1-3H3,(H,29,31)(H,34,35)(H,28,32,33). The zero-order chi connectivity index (χ0) is 29.2. The van der Waals surface area contributed by atoms with Gasteiger partial charge in [-0.3, -0.25) is 0 Å². The Labute approximate surface area is 244 Å². The summed E-state index contributed by atoms with van der Waals surface area (Å²) in [5.41, 5.74) is 2.64. The van der Waals surface area contributed by atoms with Crippen LogP contribution < -0.4 is 20.1 Å². The number of methoxy groups -OCH3 is 1. The molecule has 1 aliphatic carbocycles. The number of hydrogen-bond acceptors (Lipinski definition) is 11. The van der Waals surface area contributed by atoms with Gasteiger partial charge in [-0.2, -0.15) is 13.1 Å². The number of amides is 1. The summed E-state index contributed by atoms with van der Waals surface area (Å²) in [6, 6.07) is 9.39. The van der Waals surface area contributed by atoms with Crippen molar-refractivity contribution in [2.75, 3.05) is 37.5 Å². The quantitative estimate of drug-likeness (QED) is 0.173. The number of nitrogens with one attached hydrogen (secondary N) is 4. The van der Waals surface area contributed by atoms with Gasteiger partial charge in [0, 0.05) is 38.0 Å². The van der Waals surface area contributed by atoms with E-state index in [9.17, 15) is 13.2 Å². The number of hydrogen-bond donors (Lipinski definition) is 4. The summed E-state index contributed by atoms with van der Waals surface area (Å²) in [6.45, 7) is 5.18. The van der Waals surface area contributed by atoms with Crippen LogP contribution in [0.4, 0.5) is 15.9 Å². The molecule has 1 aromatic carbocycles. The Morgan fingerprint density at radius 1 is 1.15 bits per heavy atom. The first-order chi connectivity index (χ1) is 19.7. The van der Waals surface area contributed by atoms with Crippen LogP contribution in [-0.4, -0.2) is 62.4 Å². The van der Waals surface area contributed by atoms with Crippen LogP contribution in [0.15, 0.2) is 36.5 Å². The number of aromatic nitrogens is 3. The third-order valence-electron chi connectivity index (χ3n) is 6.14. The smallest absolute Gasteiger partial charge is 0.421 e. The highest BCUT2D eigenvalue weighted by Crippen LogP contribution is 2.33. The van der Waals surface area contributed by atoms with Crippen LogP contribution in [0.3, 0.4) is 0 Å². The second-order valence-electron chi connectivity index (χ2n) is 10.0. The molecule has 1 saturated carbocycles. The normalized spacial score (nSPS) is 13.3. The lowest BCUT2D eigenvalue weighted by atomic mass is 10.0. The SMILES string of the molecule is COCCNc1nc(-c2cnc(NC(C)C)s2)cc(-c2ccccc2CNS(=O)(=O)NC(=O)OCCCC2CC2)n1. The third-order valence-corrected chi connectivity index (χ3v) is 8.05. The number of thiazole rings is 1. The molecule has 0 radical (unpaired) electrons. The Morgan fingerprint density at radius 2 is 1.93 bits per heavy atom. The molecule has 0 bridgehead atoms. The van der Waals surface area contributed by atoms with Gasteiger partial charge in [-0.1, -0.05) is 48.4 Å². The van der Waals surface area contributed by atoms with Gasteiger partial charge in [-0.05, 0) is 44.2 Å². The zero-order valence-corrected chi connectivity index (χ0v) is 25.1. The molecule has 2 heterocycles. The maximum atomic E-state index is 12.5. The van der Waals surface area contributed by atoms with Crippen molar-refractivity contribution in [2.24, 2.45) is 5.92 Å². The van der Waals surface area contributed by atoms with Gasteiger partial charge in [0.05, 0.1) is 29.5 Å². The second kappa shape index (κ2) is 14.5. The van der Waals surface area contributed by atoms with Gasteiger partial charge in [0.25, 0.3) is 0 Å². The average molecular weight is 604 g/mol. The summed E-state index contributed by atoms with van der Waals surface area (Å²) in [7, 11) is -2.53. The van der Waals surface area contributed by atoms with Crippen LogP contribution in [0, 0.1) is 5.92 Å². The van der Waals surface area contributed by atoms with E-state index in [2.05, 4.69) is 25.3 Å². The highest BCUT2D eigenvalue weighted by molar-refractivity contribution is 7.88. The van der Waals surface area contributed by atoms with E-state index in [0.717, 1.165) is 28.8 Å². The van der Waals surface area contributed by atoms with E-state index in [1.165, 1.54) is 24.2 Å². The fraction of sp³-hybridized carbons (Fsp3) is 0.481. The van der Waals surface area contributed by atoms with Crippen molar-refractivity contribution in [3.05, 3.63) is 42.1 Å². The molecule has 1 amide bonds. The van der Waals surface area contributed by atoms with Crippen molar-refractivity contribution in [3.8, 4) is 21.8 Å². The number of carbonyl (C=O) groups excluding carboxylic acids is 1. The lowest BCUT2D eigenvalue weighted by Gasteiger charge is -2.13. The maximum absolute atomic E-state index is 12.5. The summed E-state index contributed by atoms with van der Waals surface area (Å²) < 4.78 is 39.6. The Hall–Kier alpha value is -3.33. The van der Waals surface area contributed by atoms with E-state index in [1.807, 2.05) is 42.8 Å². The Morgan fingerprint density at radius 3 is 2.68 bits per heavy atom. The second-order valence-corrected chi connectivity index (χ2v) is 12.5. The summed E-state index contributed by atoms with van der Waals surface area (Å²) in [5.74, 6) is 1.12. The van der Waals surface area contributed by atoms with E-state index in [4.69, 9.17) is 14.5 Å². The number of ether oxygens (including phenoxy) is 2. The molecule has 14 heteroatoms. The summed E-state index contributed by atoms with van der Waals surface area (Å²) in [6.07, 6.45) is 4.91. The molecule has 0 spiro atoms. The van der Waals surface area contributed by atoms with Crippen molar-refractivity contribution in [1.82, 2.24) is 24.4 Å². The molecule has 4 rings (SSSR count). The van der Waals surface area contributed by atoms with Gasteiger partial charge in [-0.15, -0.1) is 0 Å². The molecular weight excluding hydrogens is 566 g/mol. The van der Waals surface area contributed by atoms with E-state index in [0.29, 0.717) is 41.6 Å². The van der Waals surface area contributed by atoms with E-state index < -0.39 is 16.3 Å². The number of carbonyl (C=O) groups is 1. The van der Waals surface area contributed by atoms with Crippen molar-refractivity contribution in [2.45, 2.75) is 52.1 Å². The Balaban J connectivity index is 1.49. The van der Waals surface area contributed by atoms with Crippen LogP contribution in [0.25, 0.3) is 21.8 Å². The lowest BCUT2D eigenvalue weighted by molar-refractivity contribution is 0.149. The van der Waals surface area contributed by atoms with Gasteiger partial charge in [0.2, 0.25) is 5.95 Å². The van der Waals surface area contributed by atoms with E-state index >= 15 is 0 Å².